The van der Waals surface area contributed by atoms with E-state index in [-0.39, 0.29) is 12.2 Å². The van der Waals surface area contributed by atoms with E-state index in [0.717, 1.165) is 46.6 Å². The molecule has 126 valence electrons. The minimum atomic E-state index is 0.188. The van der Waals surface area contributed by atoms with E-state index in [2.05, 4.69) is 33.7 Å². The lowest BCUT2D eigenvalue weighted by Gasteiger charge is -2.36. The molecule has 0 spiro atoms. The van der Waals surface area contributed by atoms with Gasteiger partial charge in [-0.1, -0.05) is 0 Å². The van der Waals surface area contributed by atoms with Gasteiger partial charge in [-0.05, 0) is 39.0 Å². The summed E-state index contributed by atoms with van der Waals surface area (Å²) in [5.74, 6) is 1.80. The standard InChI is InChI=1S/C18H22N4O2/c1-4-23-13-5-6-15-14(7-13)16-17(21-15)18(20-10-19-16)22-8-11(2)24-12(3)9-22/h5-7,10-12,21H,4,8-9H2,1-3H3. The van der Waals surface area contributed by atoms with E-state index in [1.807, 2.05) is 25.1 Å². The van der Waals surface area contributed by atoms with Gasteiger partial charge in [-0.2, -0.15) is 0 Å². The Labute approximate surface area is 140 Å². The van der Waals surface area contributed by atoms with Crippen LogP contribution in [0.4, 0.5) is 5.82 Å². The van der Waals surface area contributed by atoms with E-state index in [1.165, 1.54) is 0 Å². The summed E-state index contributed by atoms with van der Waals surface area (Å²) in [6.07, 6.45) is 2.02. The summed E-state index contributed by atoms with van der Waals surface area (Å²) in [7, 11) is 0. The fourth-order valence-corrected chi connectivity index (χ4v) is 3.51. The van der Waals surface area contributed by atoms with Gasteiger partial charge in [-0.3, -0.25) is 0 Å². The van der Waals surface area contributed by atoms with E-state index in [0.29, 0.717) is 6.61 Å². The summed E-state index contributed by atoms with van der Waals surface area (Å²) >= 11 is 0. The smallest absolute Gasteiger partial charge is 0.156 e. The Bertz CT molecular complexity index is 866. The first-order valence-corrected chi connectivity index (χ1v) is 8.45. The second-order valence-corrected chi connectivity index (χ2v) is 6.35. The van der Waals surface area contributed by atoms with Gasteiger partial charge in [0.25, 0.3) is 0 Å². The number of ether oxygens (including phenoxy) is 2. The number of fused-ring (bicyclic) bond motifs is 3. The van der Waals surface area contributed by atoms with Gasteiger partial charge < -0.3 is 19.4 Å². The van der Waals surface area contributed by atoms with Crippen LogP contribution in [0.5, 0.6) is 5.75 Å². The van der Waals surface area contributed by atoms with Crippen LogP contribution in [-0.2, 0) is 4.74 Å². The van der Waals surface area contributed by atoms with Crippen LogP contribution in [0.25, 0.3) is 21.9 Å². The van der Waals surface area contributed by atoms with Crippen LogP contribution < -0.4 is 9.64 Å². The zero-order valence-electron chi connectivity index (χ0n) is 14.2. The first kappa shape index (κ1) is 15.2. The van der Waals surface area contributed by atoms with Crippen molar-refractivity contribution in [3.63, 3.8) is 0 Å². The van der Waals surface area contributed by atoms with E-state index in [9.17, 15) is 0 Å². The Morgan fingerprint density at radius 3 is 2.79 bits per heavy atom. The number of morpholine rings is 1. The van der Waals surface area contributed by atoms with E-state index >= 15 is 0 Å². The van der Waals surface area contributed by atoms with Gasteiger partial charge in [0.2, 0.25) is 0 Å². The fraction of sp³-hybridized carbons (Fsp3) is 0.444. The molecule has 1 aliphatic rings. The van der Waals surface area contributed by atoms with Crippen molar-refractivity contribution in [2.75, 3.05) is 24.6 Å². The van der Waals surface area contributed by atoms with Crippen molar-refractivity contribution in [3.8, 4) is 5.75 Å². The second kappa shape index (κ2) is 5.94. The van der Waals surface area contributed by atoms with Crippen molar-refractivity contribution in [1.29, 1.82) is 0 Å². The summed E-state index contributed by atoms with van der Waals surface area (Å²) in [6, 6.07) is 6.06. The molecule has 0 radical (unpaired) electrons. The summed E-state index contributed by atoms with van der Waals surface area (Å²) in [5.41, 5.74) is 2.95. The first-order chi connectivity index (χ1) is 11.7. The molecule has 3 heterocycles. The van der Waals surface area contributed by atoms with Gasteiger partial charge in [-0.25, -0.2) is 9.97 Å². The predicted octanol–water partition coefficient (Wildman–Crippen LogP) is 3.12. The largest absolute Gasteiger partial charge is 0.494 e. The van der Waals surface area contributed by atoms with Crippen LogP contribution in [-0.4, -0.2) is 46.9 Å². The number of hydrogen-bond acceptors (Lipinski definition) is 5. The van der Waals surface area contributed by atoms with Crippen molar-refractivity contribution in [1.82, 2.24) is 15.0 Å². The van der Waals surface area contributed by atoms with E-state index in [1.54, 1.807) is 6.33 Å². The molecule has 1 fully saturated rings. The monoisotopic (exact) mass is 326 g/mol. The molecule has 1 aliphatic heterocycles. The molecule has 0 aliphatic carbocycles. The van der Waals surface area contributed by atoms with Crippen molar-refractivity contribution >= 4 is 27.8 Å². The summed E-state index contributed by atoms with van der Waals surface area (Å²) in [5, 5.41) is 1.06. The number of anilines is 1. The molecule has 1 N–H and O–H groups in total. The number of aromatic amines is 1. The molecule has 2 aromatic heterocycles. The summed E-state index contributed by atoms with van der Waals surface area (Å²) in [4.78, 5) is 14.8. The molecule has 0 saturated carbocycles. The molecule has 4 rings (SSSR count). The average Bonchev–Trinajstić information content (AvgIpc) is 2.92. The number of benzene rings is 1. The van der Waals surface area contributed by atoms with Gasteiger partial charge in [0.1, 0.15) is 23.1 Å². The number of nitrogens with zero attached hydrogens (tertiary/aromatic N) is 3. The van der Waals surface area contributed by atoms with Crippen LogP contribution in [0.3, 0.4) is 0 Å². The first-order valence-electron chi connectivity index (χ1n) is 8.45. The lowest BCUT2D eigenvalue weighted by Crippen LogP contribution is -2.46. The molecule has 1 saturated heterocycles. The molecule has 3 aromatic rings. The number of nitrogens with one attached hydrogen (secondary N) is 1. The topological polar surface area (TPSA) is 63.3 Å². The number of H-pyrrole nitrogens is 1. The number of rotatable bonds is 3. The molecular weight excluding hydrogens is 304 g/mol. The highest BCUT2D eigenvalue weighted by Gasteiger charge is 2.25. The minimum absolute atomic E-state index is 0.188. The molecule has 1 aromatic carbocycles. The third kappa shape index (κ3) is 2.57. The van der Waals surface area contributed by atoms with Crippen molar-refractivity contribution in [2.24, 2.45) is 0 Å². The molecular formula is C18H22N4O2. The van der Waals surface area contributed by atoms with Gasteiger partial charge in [0.15, 0.2) is 5.82 Å². The Morgan fingerprint density at radius 2 is 2.04 bits per heavy atom. The molecule has 6 nitrogen and oxygen atoms in total. The number of aromatic nitrogens is 3. The van der Waals surface area contributed by atoms with E-state index in [4.69, 9.17) is 9.47 Å². The maximum absolute atomic E-state index is 5.84. The molecule has 6 heteroatoms. The van der Waals surface area contributed by atoms with Crippen molar-refractivity contribution < 1.29 is 9.47 Å². The molecule has 2 atom stereocenters. The Kier molecular flexibility index (Phi) is 3.76. The highest BCUT2D eigenvalue weighted by molar-refractivity contribution is 6.08. The number of hydrogen-bond donors (Lipinski definition) is 1. The average molecular weight is 326 g/mol. The van der Waals surface area contributed by atoms with Gasteiger partial charge in [0.05, 0.1) is 18.8 Å². The summed E-state index contributed by atoms with van der Waals surface area (Å²) in [6.45, 7) is 8.49. The lowest BCUT2D eigenvalue weighted by molar-refractivity contribution is -0.00538. The second-order valence-electron chi connectivity index (χ2n) is 6.35. The van der Waals surface area contributed by atoms with Crippen molar-refractivity contribution in [3.05, 3.63) is 24.5 Å². The zero-order chi connectivity index (χ0) is 16.7. The predicted molar refractivity (Wildman–Crippen MR) is 94.8 cm³/mol. The highest BCUT2D eigenvalue weighted by atomic mass is 16.5. The third-order valence-corrected chi connectivity index (χ3v) is 4.36. The van der Waals surface area contributed by atoms with Gasteiger partial charge in [-0.15, -0.1) is 0 Å². The van der Waals surface area contributed by atoms with Crippen LogP contribution in [0, 0.1) is 0 Å². The maximum atomic E-state index is 5.84. The zero-order valence-corrected chi connectivity index (χ0v) is 14.2. The van der Waals surface area contributed by atoms with Crippen LogP contribution in [0.2, 0.25) is 0 Å². The van der Waals surface area contributed by atoms with Gasteiger partial charge in [0, 0.05) is 24.0 Å². The molecule has 24 heavy (non-hydrogen) atoms. The minimum Gasteiger partial charge on any atom is -0.494 e. The normalized spacial score (nSPS) is 21.5. The molecule has 0 bridgehead atoms. The molecule has 2 unspecified atom stereocenters. The van der Waals surface area contributed by atoms with Gasteiger partial charge >= 0.3 is 0 Å². The highest BCUT2D eigenvalue weighted by Crippen LogP contribution is 2.32. The quantitative estimate of drug-likeness (QED) is 0.801. The Hall–Kier alpha value is -2.34. The van der Waals surface area contributed by atoms with Crippen molar-refractivity contribution in [2.45, 2.75) is 33.0 Å². The van der Waals surface area contributed by atoms with Crippen LogP contribution in [0.1, 0.15) is 20.8 Å². The Morgan fingerprint density at radius 1 is 1.25 bits per heavy atom. The maximum Gasteiger partial charge on any atom is 0.156 e. The van der Waals surface area contributed by atoms with Crippen LogP contribution >= 0.6 is 0 Å². The summed E-state index contributed by atoms with van der Waals surface area (Å²) < 4.78 is 11.5. The SMILES string of the molecule is CCOc1ccc2[nH]c3c(N4CC(C)OC(C)C4)ncnc3c2c1. The fourth-order valence-electron chi connectivity index (χ4n) is 3.51. The Balaban J connectivity index is 1.83. The van der Waals surface area contributed by atoms with Crippen LogP contribution in [0.15, 0.2) is 24.5 Å². The lowest BCUT2D eigenvalue weighted by atomic mass is 10.2. The molecule has 0 amide bonds. The van der Waals surface area contributed by atoms with E-state index < -0.39 is 0 Å². The third-order valence-electron chi connectivity index (χ3n) is 4.36.